The Balaban J connectivity index is 1.48. The van der Waals surface area contributed by atoms with E-state index in [1.165, 1.54) is 19.3 Å². The Labute approximate surface area is 160 Å². The van der Waals surface area contributed by atoms with Crippen LogP contribution in [0.5, 0.6) is 0 Å². The summed E-state index contributed by atoms with van der Waals surface area (Å²) < 4.78 is 0. The number of hydrogen-bond acceptors (Lipinski definition) is 3. The summed E-state index contributed by atoms with van der Waals surface area (Å²) in [5.41, 5.74) is 3.32. The second kappa shape index (κ2) is 7.82. The number of rotatable bonds is 4. The number of nitrogens with zero attached hydrogens (tertiary/aromatic N) is 2. The SMILES string of the molecule is O=C(Nc1cccc(N2CCCCC2)c1)c1cccc(N2CCCC2=O)c1. The molecule has 0 aromatic heterocycles. The highest BCUT2D eigenvalue weighted by Crippen LogP contribution is 2.25. The van der Waals surface area contributed by atoms with Gasteiger partial charge in [-0.1, -0.05) is 12.1 Å². The van der Waals surface area contributed by atoms with Gasteiger partial charge in [0.1, 0.15) is 0 Å². The van der Waals surface area contributed by atoms with Gasteiger partial charge in [-0.05, 0) is 62.1 Å². The highest BCUT2D eigenvalue weighted by Gasteiger charge is 2.22. The van der Waals surface area contributed by atoms with Crippen LogP contribution in [-0.2, 0) is 4.79 Å². The lowest BCUT2D eigenvalue weighted by Gasteiger charge is -2.29. The van der Waals surface area contributed by atoms with Crippen LogP contribution in [0.3, 0.4) is 0 Å². The first kappa shape index (κ1) is 17.6. The van der Waals surface area contributed by atoms with Crippen LogP contribution in [0.25, 0.3) is 0 Å². The van der Waals surface area contributed by atoms with Crippen molar-refractivity contribution in [3.05, 3.63) is 54.1 Å². The molecule has 0 aliphatic carbocycles. The molecule has 5 nitrogen and oxygen atoms in total. The molecule has 0 atom stereocenters. The molecule has 0 unspecified atom stereocenters. The van der Waals surface area contributed by atoms with Crippen molar-refractivity contribution in [1.82, 2.24) is 0 Å². The van der Waals surface area contributed by atoms with Gasteiger partial charge in [-0.2, -0.15) is 0 Å². The van der Waals surface area contributed by atoms with Gasteiger partial charge in [0, 0.05) is 48.7 Å². The van der Waals surface area contributed by atoms with E-state index in [0.717, 1.165) is 43.1 Å². The molecule has 4 rings (SSSR count). The van der Waals surface area contributed by atoms with Crippen molar-refractivity contribution >= 4 is 28.9 Å². The van der Waals surface area contributed by atoms with E-state index in [1.807, 2.05) is 30.3 Å². The lowest BCUT2D eigenvalue weighted by Crippen LogP contribution is -2.29. The number of amides is 2. The predicted molar refractivity (Wildman–Crippen MR) is 108 cm³/mol. The minimum Gasteiger partial charge on any atom is -0.371 e. The molecular weight excluding hydrogens is 338 g/mol. The smallest absolute Gasteiger partial charge is 0.255 e. The fraction of sp³-hybridized carbons (Fsp3) is 0.364. The number of nitrogens with one attached hydrogen (secondary N) is 1. The molecule has 2 heterocycles. The van der Waals surface area contributed by atoms with E-state index in [4.69, 9.17) is 0 Å². The number of carbonyl (C=O) groups excluding carboxylic acids is 2. The van der Waals surface area contributed by atoms with Crippen molar-refractivity contribution in [2.24, 2.45) is 0 Å². The molecule has 5 heteroatoms. The Hall–Kier alpha value is -2.82. The maximum atomic E-state index is 12.7. The number of hydrogen-bond donors (Lipinski definition) is 1. The summed E-state index contributed by atoms with van der Waals surface area (Å²) >= 11 is 0. The third kappa shape index (κ3) is 3.97. The van der Waals surface area contributed by atoms with Crippen LogP contribution in [0.1, 0.15) is 42.5 Å². The maximum absolute atomic E-state index is 12.7. The van der Waals surface area contributed by atoms with Gasteiger partial charge in [-0.15, -0.1) is 0 Å². The monoisotopic (exact) mass is 363 g/mol. The summed E-state index contributed by atoms with van der Waals surface area (Å²) in [5.74, 6) is -0.0268. The zero-order valence-corrected chi connectivity index (χ0v) is 15.5. The molecule has 2 aromatic carbocycles. The molecule has 0 radical (unpaired) electrons. The molecule has 0 saturated carbocycles. The first-order valence-electron chi connectivity index (χ1n) is 9.77. The van der Waals surface area contributed by atoms with E-state index >= 15 is 0 Å². The van der Waals surface area contributed by atoms with E-state index in [1.54, 1.807) is 17.0 Å². The fourth-order valence-electron chi connectivity index (χ4n) is 3.87. The minimum absolute atomic E-state index is 0.127. The normalized spacial score (nSPS) is 17.3. The Morgan fingerprint density at radius 2 is 1.63 bits per heavy atom. The van der Waals surface area contributed by atoms with E-state index in [9.17, 15) is 9.59 Å². The van der Waals surface area contributed by atoms with Gasteiger partial charge in [-0.25, -0.2) is 0 Å². The minimum atomic E-state index is -0.153. The Bertz CT molecular complexity index is 843. The quantitative estimate of drug-likeness (QED) is 0.891. The Morgan fingerprint density at radius 1 is 0.852 bits per heavy atom. The molecule has 2 fully saturated rings. The average Bonchev–Trinajstić information content (AvgIpc) is 3.15. The van der Waals surface area contributed by atoms with E-state index in [0.29, 0.717) is 12.0 Å². The molecule has 140 valence electrons. The summed E-state index contributed by atoms with van der Waals surface area (Å²) in [6.07, 6.45) is 5.19. The third-order valence-corrected chi connectivity index (χ3v) is 5.32. The second-order valence-corrected chi connectivity index (χ2v) is 7.25. The first-order valence-corrected chi connectivity index (χ1v) is 9.77. The molecule has 27 heavy (non-hydrogen) atoms. The van der Waals surface area contributed by atoms with Crippen molar-refractivity contribution < 1.29 is 9.59 Å². The number of benzene rings is 2. The van der Waals surface area contributed by atoms with Crippen LogP contribution in [-0.4, -0.2) is 31.4 Å². The molecule has 0 bridgehead atoms. The third-order valence-electron chi connectivity index (χ3n) is 5.32. The summed E-state index contributed by atoms with van der Waals surface area (Å²) in [4.78, 5) is 28.8. The standard InChI is InChI=1S/C22H25N3O2/c26-21-11-6-14-25(21)20-10-4-7-17(15-20)22(27)23-18-8-5-9-19(16-18)24-12-2-1-3-13-24/h4-5,7-10,15-16H,1-3,6,11-14H2,(H,23,27). The molecule has 2 aromatic rings. The molecule has 1 N–H and O–H groups in total. The number of anilines is 3. The largest absolute Gasteiger partial charge is 0.371 e. The van der Waals surface area contributed by atoms with Crippen molar-refractivity contribution in [3.8, 4) is 0 Å². The summed E-state index contributed by atoms with van der Waals surface area (Å²) in [5, 5.41) is 3.00. The molecule has 2 aliphatic rings. The fourth-order valence-corrected chi connectivity index (χ4v) is 3.87. The van der Waals surface area contributed by atoms with Gasteiger partial charge in [0.25, 0.3) is 5.91 Å². The van der Waals surface area contributed by atoms with Crippen LogP contribution in [0, 0.1) is 0 Å². The second-order valence-electron chi connectivity index (χ2n) is 7.25. The molecule has 0 spiro atoms. The summed E-state index contributed by atoms with van der Waals surface area (Å²) in [6.45, 7) is 2.87. The van der Waals surface area contributed by atoms with Crippen LogP contribution in [0.15, 0.2) is 48.5 Å². The molecule has 2 saturated heterocycles. The van der Waals surface area contributed by atoms with Crippen LogP contribution < -0.4 is 15.1 Å². The van der Waals surface area contributed by atoms with E-state index < -0.39 is 0 Å². The van der Waals surface area contributed by atoms with Gasteiger partial charge >= 0.3 is 0 Å². The Kier molecular flexibility index (Phi) is 5.10. The highest BCUT2D eigenvalue weighted by molar-refractivity contribution is 6.06. The zero-order chi connectivity index (χ0) is 18.6. The van der Waals surface area contributed by atoms with E-state index in [2.05, 4.69) is 16.3 Å². The van der Waals surface area contributed by atoms with Gasteiger partial charge in [0.05, 0.1) is 0 Å². The van der Waals surface area contributed by atoms with Crippen molar-refractivity contribution in [3.63, 3.8) is 0 Å². The van der Waals surface area contributed by atoms with E-state index in [-0.39, 0.29) is 11.8 Å². The lowest BCUT2D eigenvalue weighted by atomic mass is 10.1. The lowest BCUT2D eigenvalue weighted by molar-refractivity contribution is -0.117. The van der Waals surface area contributed by atoms with Gasteiger partial charge in [0.2, 0.25) is 5.91 Å². The van der Waals surface area contributed by atoms with Crippen LogP contribution in [0.4, 0.5) is 17.1 Å². The Morgan fingerprint density at radius 3 is 2.41 bits per heavy atom. The van der Waals surface area contributed by atoms with Crippen LogP contribution in [0.2, 0.25) is 0 Å². The van der Waals surface area contributed by atoms with Crippen molar-refractivity contribution in [2.75, 3.05) is 34.8 Å². The average molecular weight is 363 g/mol. The van der Waals surface area contributed by atoms with Gasteiger partial charge in [-0.3, -0.25) is 9.59 Å². The number of carbonyl (C=O) groups is 2. The van der Waals surface area contributed by atoms with Gasteiger partial charge in [0.15, 0.2) is 0 Å². The maximum Gasteiger partial charge on any atom is 0.255 e. The molecule has 2 aliphatic heterocycles. The summed E-state index contributed by atoms with van der Waals surface area (Å²) in [6, 6.07) is 15.3. The van der Waals surface area contributed by atoms with Crippen molar-refractivity contribution in [1.29, 1.82) is 0 Å². The topological polar surface area (TPSA) is 52.7 Å². The number of piperidine rings is 1. The highest BCUT2D eigenvalue weighted by atomic mass is 16.2. The van der Waals surface area contributed by atoms with Crippen LogP contribution >= 0.6 is 0 Å². The predicted octanol–water partition coefficient (Wildman–Crippen LogP) is 4.06. The first-order chi connectivity index (χ1) is 13.2. The molecular formula is C22H25N3O2. The summed E-state index contributed by atoms with van der Waals surface area (Å²) in [7, 11) is 0. The van der Waals surface area contributed by atoms with Gasteiger partial charge < -0.3 is 15.1 Å². The zero-order valence-electron chi connectivity index (χ0n) is 15.5. The van der Waals surface area contributed by atoms with Crippen molar-refractivity contribution in [2.45, 2.75) is 32.1 Å². The molecule has 2 amide bonds.